The topological polar surface area (TPSA) is 73.5 Å². The Morgan fingerprint density at radius 1 is 1.33 bits per heavy atom. The van der Waals surface area contributed by atoms with Crippen molar-refractivity contribution < 1.29 is 27.1 Å². The quantitative estimate of drug-likeness (QED) is 0.871. The molecule has 0 aliphatic rings. The van der Waals surface area contributed by atoms with E-state index in [2.05, 4.69) is 10.1 Å². The molecule has 1 N–H and O–H groups in total. The molecule has 0 spiro atoms. The first-order valence-electron chi connectivity index (χ1n) is 7.24. The Hall–Kier alpha value is -2.29. The number of amides is 1. The number of hydrogen-bond donors (Lipinski definition) is 1. The molecule has 24 heavy (non-hydrogen) atoms. The van der Waals surface area contributed by atoms with E-state index in [4.69, 9.17) is 4.42 Å². The number of rotatable bonds is 6. The lowest BCUT2D eigenvalue weighted by molar-refractivity contribution is -0.175. The van der Waals surface area contributed by atoms with Crippen molar-refractivity contribution in [3.63, 3.8) is 0 Å². The van der Waals surface area contributed by atoms with Crippen LogP contribution in [0.2, 0.25) is 0 Å². The molecule has 2 atom stereocenters. The Kier molecular flexibility index (Phi) is 5.33. The van der Waals surface area contributed by atoms with Crippen LogP contribution in [0.4, 0.5) is 13.2 Å². The molecule has 1 aromatic carbocycles. The van der Waals surface area contributed by atoms with Crippen molar-refractivity contribution in [2.24, 2.45) is 0 Å². The summed E-state index contributed by atoms with van der Waals surface area (Å²) in [5, 5.41) is 2.51. The second-order valence-electron chi connectivity index (χ2n) is 5.42. The fourth-order valence-electron chi connectivity index (χ4n) is 2.22. The third-order valence-electron chi connectivity index (χ3n) is 3.31. The summed E-state index contributed by atoms with van der Waals surface area (Å²) in [6, 6.07) is 5.11. The predicted octanol–water partition coefficient (Wildman–Crippen LogP) is 2.24. The van der Waals surface area contributed by atoms with Crippen LogP contribution in [0.1, 0.15) is 19.9 Å². The standard InChI is InChI=1S/C15H17F3N2O4/c1-9(7-23-8-15(16,17)18)19-13(21)10(2)20-11-5-3-4-6-12(11)24-14(20)22/h3-6,9-10H,7-8H2,1-2H3,(H,19,21)/t9-,10+/m1/s1. The number of ether oxygens (including phenoxy) is 1. The highest BCUT2D eigenvalue weighted by Gasteiger charge is 2.28. The summed E-state index contributed by atoms with van der Waals surface area (Å²) in [6.45, 7) is 1.34. The average Bonchev–Trinajstić information content (AvgIpc) is 2.80. The van der Waals surface area contributed by atoms with Crippen molar-refractivity contribution >= 4 is 17.0 Å². The van der Waals surface area contributed by atoms with E-state index < -0.39 is 36.5 Å². The molecule has 0 fully saturated rings. The van der Waals surface area contributed by atoms with Gasteiger partial charge in [0.1, 0.15) is 12.6 Å². The molecule has 0 saturated carbocycles. The third-order valence-corrected chi connectivity index (χ3v) is 3.31. The van der Waals surface area contributed by atoms with Crippen LogP contribution in [0.5, 0.6) is 0 Å². The van der Waals surface area contributed by atoms with E-state index in [-0.39, 0.29) is 6.61 Å². The lowest BCUT2D eigenvalue weighted by atomic mass is 10.2. The third kappa shape index (κ3) is 4.38. The van der Waals surface area contributed by atoms with Gasteiger partial charge in [-0.15, -0.1) is 0 Å². The van der Waals surface area contributed by atoms with Crippen molar-refractivity contribution in [3.8, 4) is 0 Å². The zero-order chi connectivity index (χ0) is 17.9. The molecule has 0 bridgehead atoms. The summed E-state index contributed by atoms with van der Waals surface area (Å²) in [5.41, 5.74) is 0.815. The second kappa shape index (κ2) is 7.08. The number of carbonyl (C=O) groups excluding carboxylic acids is 1. The van der Waals surface area contributed by atoms with Gasteiger partial charge in [-0.2, -0.15) is 13.2 Å². The molecule has 1 aromatic heterocycles. The predicted molar refractivity (Wildman–Crippen MR) is 79.7 cm³/mol. The normalized spacial score (nSPS) is 14.5. The van der Waals surface area contributed by atoms with Crippen LogP contribution in [-0.2, 0) is 9.53 Å². The van der Waals surface area contributed by atoms with Gasteiger partial charge in [-0.3, -0.25) is 9.36 Å². The maximum atomic E-state index is 12.2. The molecule has 0 saturated heterocycles. The fraction of sp³-hybridized carbons (Fsp3) is 0.467. The zero-order valence-corrected chi connectivity index (χ0v) is 13.1. The minimum absolute atomic E-state index is 0.293. The van der Waals surface area contributed by atoms with Crippen LogP contribution in [0.15, 0.2) is 33.5 Å². The van der Waals surface area contributed by atoms with Crippen LogP contribution in [0, 0.1) is 0 Å². The van der Waals surface area contributed by atoms with Gasteiger partial charge in [0.2, 0.25) is 5.91 Å². The molecular weight excluding hydrogens is 329 g/mol. The minimum Gasteiger partial charge on any atom is -0.408 e. The molecule has 9 heteroatoms. The van der Waals surface area contributed by atoms with Gasteiger partial charge in [-0.25, -0.2) is 4.79 Å². The van der Waals surface area contributed by atoms with E-state index in [1.807, 2.05) is 0 Å². The summed E-state index contributed by atoms with van der Waals surface area (Å²) in [7, 11) is 0. The summed E-state index contributed by atoms with van der Waals surface area (Å²) >= 11 is 0. The van der Waals surface area contributed by atoms with Crippen LogP contribution in [0.3, 0.4) is 0 Å². The van der Waals surface area contributed by atoms with E-state index in [0.29, 0.717) is 11.1 Å². The number of benzene rings is 1. The largest absolute Gasteiger partial charge is 0.420 e. The van der Waals surface area contributed by atoms with Crippen molar-refractivity contribution in [3.05, 3.63) is 34.8 Å². The molecule has 2 rings (SSSR count). The number of oxazole rings is 1. The Labute approximate surface area is 135 Å². The monoisotopic (exact) mass is 346 g/mol. The molecular formula is C15H17F3N2O4. The SMILES string of the molecule is C[C@H](COCC(F)(F)F)NC(=O)[C@H](C)n1c(=O)oc2ccccc21. The number of carbonyl (C=O) groups is 1. The molecule has 1 heterocycles. The number of fused-ring (bicyclic) bond motifs is 1. The maximum Gasteiger partial charge on any atom is 0.420 e. The van der Waals surface area contributed by atoms with Gasteiger partial charge in [0, 0.05) is 6.04 Å². The molecule has 0 aliphatic heterocycles. The van der Waals surface area contributed by atoms with Gasteiger partial charge >= 0.3 is 11.9 Å². The molecule has 1 amide bonds. The highest BCUT2D eigenvalue weighted by molar-refractivity contribution is 5.83. The Balaban J connectivity index is 2.01. The summed E-state index contributed by atoms with van der Waals surface area (Å²) in [5.74, 6) is -1.20. The first-order valence-corrected chi connectivity index (χ1v) is 7.24. The van der Waals surface area contributed by atoms with E-state index in [1.165, 1.54) is 18.4 Å². The number of nitrogens with zero attached hydrogens (tertiary/aromatic N) is 1. The first-order chi connectivity index (χ1) is 11.2. The molecule has 0 radical (unpaired) electrons. The van der Waals surface area contributed by atoms with Crippen molar-refractivity contribution in [2.75, 3.05) is 13.2 Å². The van der Waals surface area contributed by atoms with Gasteiger partial charge in [-0.05, 0) is 26.0 Å². The summed E-state index contributed by atoms with van der Waals surface area (Å²) in [6.07, 6.45) is -4.42. The van der Waals surface area contributed by atoms with Crippen LogP contribution < -0.4 is 11.1 Å². The molecule has 2 aromatic rings. The number of hydrogen-bond acceptors (Lipinski definition) is 4. The van der Waals surface area contributed by atoms with Gasteiger partial charge < -0.3 is 14.5 Å². The summed E-state index contributed by atoms with van der Waals surface area (Å²) < 4.78 is 46.8. The molecule has 6 nitrogen and oxygen atoms in total. The Morgan fingerprint density at radius 3 is 2.67 bits per heavy atom. The number of aromatic nitrogens is 1. The van der Waals surface area contributed by atoms with Gasteiger partial charge in [0.25, 0.3) is 0 Å². The van der Waals surface area contributed by atoms with Crippen molar-refractivity contribution in [2.45, 2.75) is 32.1 Å². The number of nitrogens with one attached hydrogen (secondary N) is 1. The smallest absolute Gasteiger partial charge is 0.408 e. The van der Waals surface area contributed by atoms with Gasteiger partial charge in [-0.1, -0.05) is 12.1 Å². The maximum absolute atomic E-state index is 12.2. The lowest BCUT2D eigenvalue weighted by Gasteiger charge is -2.18. The molecule has 132 valence electrons. The van der Waals surface area contributed by atoms with Crippen LogP contribution in [-0.4, -0.2) is 35.9 Å². The highest BCUT2D eigenvalue weighted by atomic mass is 19.4. The van der Waals surface area contributed by atoms with Crippen molar-refractivity contribution in [1.82, 2.24) is 9.88 Å². The number of alkyl halides is 3. The van der Waals surface area contributed by atoms with Crippen molar-refractivity contribution in [1.29, 1.82) is 0 Å². The average molecular weight is 346 g/mol. The lowest BCUT2D eigenvalue weighted by Crippen LogP contribution is -2.41. The highest BCUT2D eigenvalue weighted by Crippen LogP contribution is 2.17. The molecule has 0 aliphatic carbocycles. The minimum atomic E-state index is -4.42. The Bertz CT molecular complexity index is 766. The van der Waals surface area contributed by atoms with Crippen LogP contribution in [0.25, 0.3) is 11.1 Å². The fourth-order valence-corrected chi connectivity index (χ4v) is 2.22. The van der Waals surface area contributed by atoms with E-state index in [1.54, 1.807) is 24.3 Å². The Morgan fingerprint density at radius 2 is 2.00 bits per heavy atom. The van der Waals surface area contributed by atoms with E-state index >= 15 is 0 Å². The summed E-state index contributed by atoms with van der Waals surface area (Å²) in [4.78, 5) is 24.1. The zero-order valence-electron chi connectivity index (χ0n) is 13.1. The number of halogens is 3. The first kappa shape index (κ1) is 18.1. The second-order valence-corrected chi connectivity index (χ2v) is 5.42. The van der Waals surface area contributed by atoms with E-state index in [9.17, 15) is 22.8 Å². The number of para-hydroxylation sites is 2. The van der Waals surface area contributed by atoms with Gasteiger partial charge in [0.05, 0.1) is 12.1 Å². The van der Waals surface area contributed by atoms with Gasteiger partial charge in [0.15, 0.2) is 5.58 Å². The molecule has 0 unspecified atom stereocenters. The van der Waals surface area contributed by atoms with E-state index in [0.717, 1.165) is 0 Å². The van der Waals surface area contributed by atoms with Crippen LogP contribution >= 0.6 is 0 Å².